The molecule has 0 radical (unpaired) electrons. The maximum Gasteiger partial charge on any atom is 0.407 e. The van der Waals surface area contributed by atoms with Crippen molar-refractivity contribution in [1.82, 2.24) is 16.0 Å². The molecule has 0 saturated carbocycles. The Bertz CT molecular complexity index is 730. The Morgan fingerprint density at radius 1 is 1.19 bits per heavy atom. The van der Waals surface area contributed by atoms with E-state index in [1.54, 1.807) is 6.07 Å². The molecule has 1 saturated heterocycles. The molecule has 1 aliphatic rings. The first-order valence-corrected chi connectivity index (χ1v) is 10.9. The molecule has 1 fully saturated rings. The maximum atomic E-state index is 14.6. The zero-order chi connectivity index (χ0) is 22.7. The Labute approximate surface area is 184 Å². The first-order valence-electron chi connectivity index (χ1n) is 10.9. The number of nitrogens with one attached hydrogen (secondary N) is 3. The highest BCUT2D eigenvalue weighted by molar-refractivity contribution is 5.79. The van der Waals surface area contributed by atoms with E-state index in [1.165, 1.54) is 0 Å². The number of hydrogen-bond donors (Lipinski definition) is 3. The summed E-state index contributed by atoms with van der Waals surface area (Å²) in [5.74, 6) is 0.415. The molecule has 1 aliphatic heterocycles. The highest BCUT2D eigenvalue weighted by Crippen LogP contribution is 2.22. The molecule has 1 aromatic carbocycles. The molecular formula is C22H36FN5O3. The van der Waals surface area contributed by atoms with Gasteiger partial charge in [-0.1, -0.05) is 6.07 Å². The molecule has 31 heavy (non-hydrogen) atoms. The molecule has 174 valence electrons. The lowest BCUT2D eigenvalue weighted by Crippen LogP contribution is -2.39. The number of ether oxygens (including phenoxy) is 2. The molecule has 1 aromatic rings. The second-order valence-electron chi connectivity index (χ2n) is 8.29. The van der Waals surface area contributed by atoms with E-state index >= 15 is 0 Å². The van der Waals surface area contributed by atoms with Crippen molar-refractivity contribution in [2.24, 2.45) is 4.99 Å². The lowest BCUT2D eigenvalue weighted by Gasteiger charge is -2.29. The minimum atomic E-state index is -0.507. The summed E-state index contributed by atoms with van der Waals surface area (Å²) in [5.41, 5.74) is 0.907. The van der Waals surface area contributed by atoms with Crippen LogP contribution in [-0.2, 0) is 16.0 Å². The van der Waals surface area contributed by atoms with Crippen molar-refractivity contribution in [3.63, 3.8) is 0 Å². The molecule has 0 aliphatic carbocycles. The van der Waals surface area contributed by atoms with E-state index in [-0.39, 0.29) is 5.82 Å². The number of guanidine groups is 1. The van der Waals surface area contributed by atoms with Crippen LogP contribution in [0, 0.1) is 5.82 Å². The summed E-state index contributed by atoms with van der Waals surface area (Å²) in [5, 5.41) is 9.12. The number of morpholine rings is 1. The number of alkyl carbamates (subject to hydrolysis) is 1. The number of nitrogens with zero attached hydrogens (tertiary/aromatic N) is 2. The number of aliphatic imine (C=N–C) groups is 1. The fourth-order valence-electron chi connectivity index (χ4n) is 3.02. The Balaban J connectivity index is 1.80. The van der Waals surface area contributed by atoms with E-state index in [0.29, 0.717) is 70.6 Å². The van der Waals surface area contributed by atoms with E-state index in [2.05, 4.69) is 20.9 Å². The molecule has 3 N–H and O–H groups in total. The van der Waals surface area contributed by atoms with Crippen molar-refractivity contribution >= 4 is 17.7 Å². The summed E-state index contributed by atoms with van der Waals surface area (Å²) in [6, 6.07) is 5.27. The highest BCUT2D eigenvalue weighted by Gasteiger charge is 2.16. The van der Waals surface area contributed by atoms with Gasteiger partial charge in [-0.15, -0.1) is 0 Å². The van der Waals surface area contributed by atoms with Crippen LogP contribution in [0.4, 0.5) is 14.9 Å². The summed E-state index contributed by atoms with van der Waals surface area (Å²) >= 11 is 0. The zero-order valence-corrected chi connectivity index (χ0v) is 19.1. The largest absolute Gasteiger partial charge is 0.444 e. The molecule has 1 amide bonds. The van der Waals surface area contributed by atoms with Crippen LogP contribution in [-0.4, -0.2) is 63.6 Å². The Hall–Kier alpha value is -2.55. The predicted molar refractivity (Wildman–Crippen MR) is 121 cm³/mol. The third kappa shape index (κ3) is 9.42. The van der Waals surface area contributed by atoms with Gasteiger partial charge in [-0.2, -0.15) is 0 Å². The predicted octanol–water partition coefficient (Wildman–Crippen LogP) is 2.63. The van der Waals surface area contributed by atoms with E-state index < -0.39 is 11.7 Å². The lowest BCUT2D eigenvalue weighted by atomic mass is 10.1. The number of rotatable bonds is 8. The van der Waals surface area contributed by atoms with Crippen LogP contribution in [0.2, 0.25) is 0 Å². The van der Waals surface area contributed by atoms with E-state index in [9.17, 15) is 9.18 Å². The number of carbonyl (C=O) groups is 1. The third-order valence-electron chi connectivity index (χ3n) is 4.44. The Kier molecular flexibility index (Phi) is 9.84. The standard InChI is InChI=1S/C22H36FN5O3/c1-5-24-20(25-9-6-10-26-21(29)31-22(2,3)4)27-16-17-7-8-19(18(23)15-17)28-11-13-30-14-12-28/h7-8,15H,5-6,9-14,16H2,1-4H3,(H,26,29)(H2,24,25,27). The SMILES string of the molecule is CCNC(=NCc1ccc(N2CCOCC2)c(F)c1)NCCCNC(=O)OC(C)(C)C. The molecule has 0 unspecified atom stereocenters. The van der Waals surface area contributed by atoms with Gasteiger partial charge in [0.15, 0.2) is 5.96 Å². The number of hydrogen-bond acceptors (Lipinski definition) is 5. The highest BCUT2D eigenvalue weighted by atomic mass is 19.1. The van der Waals surface area contributed by atoms with Crippen LogP contribution in [0.25, 0.3) is 0 Å². The number of anilines is 1. The molecule has 8 nitrogen and oxygen atoms in total. The summed E-state index contributed by atoms with van der Waals surface area (Å²) in [4.78, 5) is 18.2. The van der Waals surface area contributed by atoms with Crippen molar-refractivity contribution in [3.05, 3.63) is 29.6 Å². The van der Waals surface area contributed by atoms with Crippen LogP contribution < -0.4 is 20.9 Å². The van der Waals surface area contributed by atoms with Crippen LogP contribution in [0.15, 0.2) is 23.2 Å². The number of halogens is 1. The third-order valence-corrected chi connectivity index (χ3v) is 4.44. The summed E-state index contributed by atoms with van der Waals surface area (Å²) in [7, 11) is 0. The quantitative estimate of drug-likeness (QED) is 0.329. The van der Waals surface area contributed by atoms with Crippen LogP contribution >= 0.6 is 0 Å². The smallest absolute Gasteiger partial charge is 0.407 e. The Morgan fingerprint density at radius 2 is 1.90 bits per heavy atom. The van der Waals surface area contributed by atoms with Gasteiger partial charge >= 0.3 is 6.09 Å². The molecule has 9 heteroatoms. The van der Waals surface area contributed by atoms with E-state index in [1.807, 2.05) is 44.7 Å². The van der Waals surface area contributed by atoms with Crippen molar-refractivity contribution in [2.75, 3.05) is 50.8 Å². The van der Waals surface area contributed by atoms with Crippen molar-refractivity contribution in [2.45, 2.75) is 46.3 Å². The normalized spacial score (nSPS) is 14.9. The number of benzene rings is 1. The average Bonchev–Trinajstić information content (AvgIpc) is 2.71. The van der Waals surface area contributed by atoms with Gasteiger partial charge in [-0.3, -0.25) is 0 Å². The summed E-state index contributed by atoms with van der Waals surface area (Å²) in [6.45, 7) is 12.3. The van der Waals surface area contributed by atoms with Gasteiger partial charge < -0.3 is 30.3 Å². The second kappa shape index (κ2) is 12.3. The fraction of sp³-hybridized carbons (Fsp3) is 0.636. The molecule has 0 spiro atoms. The number of amides is 1. The lowest BCUT2D eigenvalue weighted by molar-refractivity contribution is 0.0527. The van der Waals surface area contributed by atoms with Crippen molar-refractivity contribution in [1.29, 1.82) is 0 Å². The molecule has 1 heterocycles. The van der Waals surface area contributed by atoms with Crippen LogP contribution in [0.3, 0.4) is 0 Å². The summed E-state index contributed by atoms with van der Waals surface area (Å²) < 4.78 is 25.1. The zero-order valence-electron chi connectivity index (χ0n) is 19.1. The van der Waals surface area contributed by atoms with Gasteiger partial charge in [-0.05, 0) is 51.8 Å². The van der Waals surface area contributed by atoms with Gasteiger partial charge in [0.2, 0.25) is 0 Å². The Morgan fingerprint density at radius 3 is 2.55 bits per heavy atom. The summed E-state index contributed by atoms with van der Waals surface area (Å²) in [6.07, 6.45) is 0.294. The first-order chi connectivity index (χ1) is 14.8. The molecule has 2 rings (SSSR count). The molecule has 0 bridgehead atoms. The fourth-order valence-corrected chi connectivity index (χ4v) is 3.02. The van der Waals surface area contributed by atoms with Gasteiger partial charge in [0.1, 0.15) is 11.4 Å². The minimum Gasteiger partial charge on any atom is -0.444 e. The topological polar surface area (TPSA) is 87.2 Å². The van der Waals surface area contributed by atoms with Gasteiger partial charge in [-0.25, -0.2) is 14.2 Å². The molecule has 0 aromatic heterocycles. The monoisotopic (exact) mass is 437 g/mol. The maximum absolute atomic E-state index is 14.6. The van der Waals surface area contributed by atoms with Gasteiger partial charge in [0, 0.05) is 32.7 Å². The molecular weight excluding hydrogens is 401 g/mol. The van der Waals surface area contributed by atoms with Crippen molar-refractivity contribution in [3.8, 4) is 0 Å². The van der Waals surface area contributed by atoms with Crippen molar-refractivity contribution < 1.29 is 18.7 Å². The van der Waals surface area contributed by atoms with Gasteiger partial charge in [0.25, 0.3) is 0 Å². The average molecular weight is 438 g/mol. The number of carbonyl (C=O) groups excluding carboxylic acids is 1. The first kappa shape index (κ1) is 24.7. The minimum absolute atomic E-state index is 0.235. The second-order valence-corrected chi connectivity index (χ2v) is 8.29. The van der Waals surface area contributed by atoms with Crippen LogP contribution in [0.1, 0.15) is 39.7 Å². The van der Waals surface area contributed by atoms with E-state index in [4.69, 9.17) is 9.47 Å². The van der Waals surface area contributed by atoms with E-state index in [0.717, 1.165) is 5.56 Å². The molecule has 0 atom stereocenters. The van der Waals surface area contributed by atoms with Crippen LogP contribution in [0.5, 0.6) is 0 Å². The van der Waals surface area contributed by atoms with Gasteiger partial charge in [0.05, 0.1) is 25.4 Å².